The molecule has 0 saturated heterocycles. The van der Waals surface area contributed by atoms with E-state index in [1.807, 2.05) is 0 Å². The first-order valence-electron chi connectivity index (χ1n) is 4.62. The van der Waals surface area contributed by atoms with Crippen LogP contribution in [-0.4, -0.2) is 45.2 Å². The highest BCUT2D eigenvalue weighted by molar-refractivity contribution is 5.69. The molecule has 0 aliphatic carbocycles. The third-order valence-electron chi connectivity index (χ3n) is 1.79. The first-order valence-corrected chi connectivity index (χ1v) is 4.62. The van der Waals surface area contributed by atoms with Crippen molar-refractivity contribution in [2.24, 2.45) is 0 Å². The fourth-order valence-electron chi connectivity index (χ4n) is 1.25. The Hall–Kier alpha value is -1.70. The molecule has 1 heterocycles. The number of carboxylic acids is 1. The van der Waals surface area contributed by atoms with Crippen LogP contribution in [0.3, 0.4) is 0 Å². The Labute approximate surface area is 94.9 Å². The van der Waals surface area contributed by atoms with E-state index in [2.05, 4.69) is 9.97 Å². The van der Waals surface area contributed by atoms with Gasteiger partial charge < -0.3 is 5.11 Å². The molecule has 17 heavy (non-hydrogen) atoms. The minimum Gasteiger partial charge on any atom is -0.480 e. The van der Waals surface area contributed by atoms with Crippen LogP contribution in [0.25, 0.3) is 0 Å². The highest BCUT2D eigenvalue weighted by Crippen LogP contribution is 2.17. The topological polar surface area (TPSA) is 66.3 Å². The number of aromatic nitrogens is 2. The van der Waals surface area contributed by atoms with Gasteiger partial charge in [0.05, 0.1) is 18.8 Å². The zero-order chi connectivity index (χ0) is 12.9. The van der Waals surface area contributed by atoms with Crippen molar-refractivity contribution in [3.63, 3.8) is 0 Å². The van der Waals surface area contributed by atoms with Crippen LogP contribution in [-0.2, 0) is 11.3 Å². The standard InChI is InChI=1S/C9H10F3N3O2/c10-9(11,12)5-15(4-8(16)17)3-7-1-2-13-6-14-7/h1-2,6H,3-5H2,(H,16,17). The number of alkyl halides is 3. The zero-order valence-electron chi connectivity index (χ0n) is 8.68. The molecule has 94 valence electrons. The van der Waals surface area contributed by atoms with Crippen LogP contribution >= 0.6 is 0 Å². The summed E-state index contributed by atoms with van der Waals surface area (Å²) < 4.78 is 36.6. The molecule has 5 nitrogen and oxygen atoms in total. The summed E-state index contributed by atoms with van der Waals surface area (Å²) >= 11 is 0. The number of aliphatic carboxylic acids is 1. The van der Waals surface area contributed by atoms with Gasteiger partial charge in [0.25, 0.3) is 0 Å². The molecule has 0 bridgehead atoms. The number of carbonyl (C=O) groups is 1. The van der Waals surface area contributed by atoms with Crippen LogP contribution < -0.4 is 0 Å². The average Bonchev–Trinajstić information content (AvgIpc) is 2.15. The van der Waals surface area contributed by atoms with Gasteiger partial charge in [0.1, 0.15) is 6.33 Å². The zero-order valence-corrected chi connectivity index (χ0v) is 8.68. The lowest BCUT2D eigenvalue weighted by Crippen LogP contribution is -2.37. The number of hydrogen-bond donors (Lipinski definition) is 1. The van der Waals surface area contributed by atoms with Crippen LogP contribution in [0.1, 0.15) is 5.69 Å². The third-order valence-corrected chi connectivity index (χ3v) is 1.79. The summed E-state index contributed by atoms with van der Waals surface area (Å²) in [6.45, 7) is -2.17. The first kappa shape index (κ1) is 13.4. The highest BCUT2D eigenvalue weighted by Gasteiger charge is 2.31. The van der Waals surface area contributed by atoms with Gasteiger partial charge in [-0.3, -0.25) is 9.69 Å². The highest BCUT2D eigenvalue weighted by atomic mass is 19.4. The largest absolute Gasteiger partial charge is 0.480 e. The van der Waals surface area contributed by atoms with Crippen molar-refractivity contribution in [2.45, 2.75) is 12.7 Å². The lowest BCUT2D eigenvalue weighted by molar-refractivity contribution is -0.155. The van der Waals surface area contributed by atoms with E-state index in [4.69, 9.17) is 5.11 Å². The maximum atomic E-state index is 12.2. The number of carboxylic acid groups (broad SMARTS) is 1. The van der Waals surface area contributed by atoms with E-state index in [9.17, 15) is 18.0 Å². The second kappa shape index (κ2) is 5.58. The molecule has 0 radical (unpaired) electrons. The van der Waals surface area contributed by atoms with E-state index < -0.39 is 25.2 Å². The normalized spacial score (nSPS) is 11.8. The summed E-state index contributed by atoms with van der Waals surface area (Å²) in [4.78, 5) is 18.6. The van der Waals surface area contributed by atoms with Gasteiger partial charge in [0, 0.05) is 12.7 Å². The molecule has 8 heteroatoms. The molecule has 0 aliphatic heterocycles. The van der Waals surface area contributed by atoms with Crippen molar-refractivity contribution < 1.29 is 23.1 Å². The fraction of sp³-hybridized carbons (Fsp3) is 0.444. The Morgan fingerprint density at radius 1 is 1.47 bits per heavy atom. The Bertz CT molecular complexity index is 369. The van der Waals surface area contributed by atoms with Crippen molar-refractivity contribution >= 4 is 5.97 Å². The van der Waals surface area contributed by atoms with Crippen LogP contribution in [0.5, 0.6) is 0 Å². The smallest absolute Gasteiger partial charge is 0.401 e. The summed E-state index contributed by atoms with van der Waals surface area (Å²) in [7, 11) is 0. The summed E-state index contributed by atoms with van der Waals surface area (Å²) in [5.41, 5.74) is 0.338. The maximum absolute atomic E-state index is 12.2. The Kier molecular flexibility index (Phi) is 4.38. The second-order valence-corrected chi connectivity index (χ2v) is 3.35. The van der Waals surface area contributed by atoms with Gasteiger partial charge in [-0.05, 0) is 6.07 Å². The monoisotopic (exact) mass is 249 g/mol. The van der Waals surface area contributed by atoms with E-state index in [0.29, 0.717) is 5.69 Å². The summed E-state index contributed by atoms with van der Waals surface area (Å²) in [6, 6.07) is 1.44. The third kappa shape index (κ3) is 5.81. The molecule has 0 aliphatic rings. The Balaban J connectivity index is 2.67. The number of hydrogen-bond acceptors (Lipinski definition) is 4. The van der Waals surface area contributed by atoms with Crippen molar-refractivity contribution in [1.82, 2.24) is 14.9 Å². The van der Waals surface area contributed by atoms with Crippen molar-refractivity contribution in [1.29, 1.82) is 0 Å². The maximum Gasteiger partial charge on any atom is 0.401 e. The van der Waals surface area contributed by atoms with E-state index in [0.717, 1.165) is 4.90 Å². The molecule has 0 spiro atoms. The predicted molar refractivity (Wildman–Crippen MR) is 51.0 cm³/mol. The number of rotatable bonds is 5. The van der Waals surface area contributed by atoms with Gasteiger partial charge in [-0.1, -0.05) is 0 Å². The molecule has 1 rings (SSSR count). The van der Waals surface area contributed by atoms with Gasteiger partial charge in [0.2, 0.25) is 0 Å². The van der Waals surface area contributed by atoms with Crippen molar-refractivity contribution in [3.05, 3.63) is 24.3 Å². The molecule has 1 N–H and O–H groups in total. The SMILES string of the molecule is O=C(O)CN(Cc1ccncn1)CC(F)(F)F. The summed E-state index contributed by atoms with van der Waals surface area (Å²) in [5, 5.41) is 8.52. The molecule has 0 aromatic carbocycles. The average molecular weight is 249 g/mol. The molecule has 0 saturated carbocycles. The Morgan fingerprint density at radius 3 is 2.65 bits per heavy atom. The minimum absolute atomic E-state index is 0.186. The molecular formula is C9H10F3N3O2. The van der Waals surface area contributed by atoms with E-state index in [1.54, 1.807) is 0 Å². The second-order valence-electron chi connectivity index (χ2n) is 3.35. The molecule has 0 fully saturated rings. The quantitative estimate of drug-likeness (QED) is 0.840. The van der Waals surface area contributed by atoms with Crippen LogP contribution in [0.4, 0.5) is 13.2 Å². The van der Waals surface area contributed by atoms with Gasteiger partial charge in [-0.25, -0.2) is 9.97 Å². The van der Waals surface area contributed by atoms with E-state index in [1.165, 1.54) is 18.6 Å². The molecule has 0 unspecified atom stereocenters. The first-order chi connectivity index (χ1) is 7.87. The lowest BCUT2D eigenvalue weighted by Gasteiger charge is -2.20. The van der Waals surface area contributed by atoms with Crippen molar-refractivity contribution in [2.75, 3.05) is 13.1 Å². The minimum atomic E-state index is -4.44. The summed E-state index contributed by atoms with van der Waals surface area (Å²) in [5.74, 6) is -1.32. The fourth-order valence-corrected chi connectivity index (χ4v) is 1.25. The molecule has 1 aromatic rings. The number of nitrogens with zero attached hydrogens (tertiary/aromatic N) is 3. The predicted octanol–water partition coefficient (Wildman–Crippen LogP) is 0.925. The van der Waals surface area contributed by atoms with E-state index >= 15 is 0 Å². The Morgan fingerprint density at radius 2 is 2.18 bits per heavy atom. The summed E-state index contributed by atoms with van der Waals surface area (Å²) in [6.07, 6.45) is -1.86. The van der Waals surface area contributed by atoms with Gasteiger partial charge in [0.15, 0.2) is 0 Å². The van der Waals surface area contributed by atoms with Gasteiger partial charge in [-0.15, -0.1) is 0 Å². The van der Waals surface area contributed by atoms with E-state index in [-0.39, 0.29) is 6.54 Å². The van der Waals surface area contributed by atoms with Gasteiger partial charge in [-0.2, -0.15) is 13.2 Å². The van der Waals surface area contributed by atoms with Crippen LogP contribution in [0.15, 0.2) is 18.6 Å². The molecular weight excluding hydrogens is 239 g/mol. The number of halogens is 3. The molecule has 0 amide bonds. The van der Waals surface area contributed by atoms with Crippen LogP contribution in [0.2, 0.25) is 0 Å². The van der Waals surface area contributed by atoms with Crippen LogP contribution in [0, 0.1) is 0 Å². The van der Waals surface area contributed by atoms with Gasteiger partial charge >= 0.3 is 12.1 Å². The molecule has 1 aromatic heterocycles. The lowest BCUT2D eigenvalue weighted by atomic mass is 10.3. The molecule has 0 atom stereocenters. The van der Waals surface area contributed by atoms with Crippen molar-refractivity contribution in [3.8, 4) is 0 Å².